The Morgan fingerprint density at radius 3 is 2.80 bits per heavy atom. The molecule has 0 N–H and O–H groups in total. The van der Waals surface area contributed by atoms with Crippen LogP contribution in [-0.2, 0) is 4.74 Å². The first-order valence-electron chi connectivity index (χ1n) is 3.66. The normalized spacial score (nSPS) is 20.3. The molecule has 0 saturated carbocycles. The van der Waals surface area contributed by atoms with Gasteiger partial charge in [0.25, 0.3) is 0 Å². The quantitative estimate of drug-likeness (QED) is 0.562. The third-order valence-electron chi connectivity index (χ3n) is 1.84. The number of ether oxygens (including phenoxy) is 1. The van der Waals surface area contributed by atoms with Crippen LogP contribution < -0.4 is 0 Å². The van der Waals surface area contributed by atoms with Crippen molar-refractivity contribution in [3.05, 3.63) is 35.1 Å². The van der Waals surface area contributed by atoms with Gasteiger partial charge in [-0.25, -0.2) is 0 Å². The number of allylic oxidation sites excluding steroid dienone is 5. The molecule has 0 aromatic carbocycles. The first-order valence-corrected chi connectivity index (χ1v) is 3.66. The Morgan fingerprint density at radius 1 is 1.50 bits per heavy atom. The lowest BCUT2D eigenvalue weighted by molar-refractivity contribution is 0.243. The second kappa shape index (κ2) is 2.01. The Labute approximate surface area is 60.7 Å². The highest BCUT2D eigenvalue weighted by molar-refractivity contribution is 5.57. The van der Waals surface area contributed by atoms with Crippen LogP contribution in [0.4, 0.5) is 0 Å². The number of hydrogen-bond acceptors (Lipinski definition) is 1. The summed E-state index contributed by atoms with van der Waals surface area (Å²) < 4.78 is 5.33. The van der Waals surface area contributed by atoms with Crippen LogP contribution in [0.15, 0.2) is 35.1 Å². The molecule has 52 valence electrons. The van der Waals surface area contributed by atoms with E-state index in [1.165, 1.54) is 11.1 Å². The van der Waals surface area contributed by atoms with Gasteiger partial charge in [0.15, 0.2) is 0 Å². The third kappa shape index (κ3) is 0.703. The third-order valence-corrected chi connectivity index (χ3v) is 1.84. The first-order chi connectivity index (χ1) is 4.90. The second-order valence-electron chi connectivity index (χ2n) is 2.51. The summed E-state index contributed by atoms with van der Waals surface area (Å²) in [7, 11) is 0. The van der Waals surface area contributed by atoms with Gasteiger partial charge in [0.05, 0.1) is 6.61 Å². The monoisotopic (exact) mass is 134 g/mol. The fourth-order valence-corrected chi connectivity index (χ4v) is 1.25. The molecule has 0 fully saturated rings. The van der Waals surface area contributed by atoms with Crippen LogP contribution in [-0.4, -0.2) is 6.61 Å². The number of rotatable bonds is 2. The molecular weight excluding hydrogens is 124 g/mol. The van der Waals surface area contributed by atoms with Crippen molar-refractivity contribution in [3.8, 4) is 0 Å². The minimum absolute atomic E-state index is 0.767. The molecule has 1 nitrogen and oxygen atoms in total. The Morgan fingerprint density at radius 2 is 2.40 bits per heavy atom. The van der Waals surface area contributed by atoms with Crippen molar-refractivity contribution in [3.63, 3.8) is 0 Å². The van der Waals surface area contributed by atoms with Gasteiger partial charge in [0.1, 0.15) is 5.76 Å². The van der Waals surface area contributed by atoms with Gasteiger partial charge in [-0.1, -0.05) is 6.08 Å². The van der Waals surface area contributed by atoms with E-state index in [4.69, 9.17) is 4.74 Å². The molecule has 2 aliphatic carbocycles. The molecule has 0 aromatic rings. The number of hydrogen-bond donors (Lipinski definition) is 0. The fraction of sp³-hybridized carbons (Fsp3) is 0.333. The highest BCUT2D eigenvalue weighted by atomic mass is 16.5. The molecular formula is C9H10O. The zero-order chi connectivity index (χ0) is 6.97. The Kier molecular flexibility index (Phi) is 1.16. The van der Waals surface area contributed by atoms with Crippen LogP contribution in [0.1, 0.15) is 13.3 Å². The predicted octanol–water partition coefficient (Wildman–Crippen LogP) is 2.18. The van der Waals surface area contributed by atoms with Gasteiger partial charge in [-0.2, -0.15) is 0 Å². The van der Waals surface area contributed by atoms with Crippen LogP contribution in [0.2, 0.25) is 0 Å². The summed E-state index contributed by atoms with van der Waals surface area (Å²) >= 11 is 0. The van der Waals surface area contributed by atoms with E-state index in [2.05, 4.69) is 18.2 Å². The van der Waals surface area contributed by atoms with Gasteiger partial charge in [-0.15, -0.1) is 0 Å². The van der Waals surface area contributed by atoms with Crippen molar-refractivity contribution >= 4 is 0 Å². The van der Waals surface area contributed by atoms with Crippen LogP contribution in [0.25, 0.3) is 0 Å². The minimum atomic E-state index is 0.767. The molecule has 10 heavy (non-hydrogen) atoms. The van der Waals surface area contributed by atoms with Crippen LogP contribution in [0.5, 0.6) is 0 Å². The first kappa shape index (κ1) is 5.78. The zero-order valence-corrected chi connectivity index (χ0v) is 6.05. The molecule has 0 unspecified atom stereocenters. The average molecular weight is 134 g/mol. The molecule has 0 aliphatic heterocycles. The average Bonchev–Trinajstić information content (AvgIpc) is 2.14. The van der Waals surface area contributed by atoms with Crippen molar-refractivity contribution in [2.24, 2.45) is 0 Å². The van der Waals surface area contributed by atoms with E-state index in [-0.39, 0.29) is 0 Å². The molecule has 0 atom stereocenters. The van der Waals surface area contributed by atoms with Crippen molar-refractivity contribution in [2.75, 3.05) is 6.61 Å². The SMILES string of the molecule is CCOC1=CC2=CCC2=C1. The summed E-state index contributed by atoms with van der Waals surface area (Å²) in [5.41, 5.74) is 2.80. The van der Waals surface area contributed by atoms with Crippen molar-refractivity contribution < 1.29 is 4.74 Å². The molecule has 2 rings (SSSR count). The molecule has 0 radical (unpaired) electrons. The van der Waals surface area contributed by atoms with E-state index >= 15 is 0 Å². The standard InChI is InChI=1S/C9H10O/c1-2-10-9-5-7-3-4-8(7)6-9/h3,5-6H,2,4H2,1H3. The maximum Gasteiger partial charge on any atom is 0.120 e. The van der Waals surface area contributed by atoms with Gasteiger partial charge in [-0.3, -0.25) is 0 Å². The molecule has 0 bridgehead atoms. The van der Waals surface area contributed by atoms with Crippen molar-refractivity contribution in [2.45, 2.75) is 13.3 Å². The maximum atomic E-state index is 5.33. The summed E-state index contributed by atoms with van der Waals surface area (Å²) in [5, 5.41) is 0. The fourth-order valence-electron chi connectivity index (χ4n) is 1.25. The summed E-state index contributed by atoms with van der Waals surface area (Å²) in [4.78, 5) is 0. The van der Waals surface area contributed by atoms with Gasteiger partial charge < -0.3 is 4.74 Å². The maximum absolute atomic E-state index is 5.33. The van der Waals surface area contributed by atoms with E-state index in [0.717, 1.165) is 18.8 Å². The lowest BCUT2D eigenvalue weighted by Crippen LogP contribution is -1.91. The Balaban J connectivity index is 2.15. The minimum Gasteiger partial charge on any atom is -0.494 e. The summed E-state index contributed by atoms with van der Waals surface area (Å²) in [6.45, 7) is 2.77. The van der Waals surface area contributed by atoms with Crippen LogP contribution in [0.3, 0.4) is 0 Å². The topological polar surface area (TPSA) is 9.23 Å². The predicted molar refractivity (Wildman–Crippen MR) is 40.5 cm³/mol. The number of fused-ring (bicyclic) bond motifs is 1. The summed E-state index contributed by atoms with van der Waals surface area (Å²) in [6.07, 6.45) is 7.57. The second-order valence-corrected chi connectivity index (χ2v) is 2.51. The van der Waals surface area contributed by atoms with Crippen molar-refractivity contribution in [1.29, 1.82) is 0 Å². The molecule has 0 aromatic heterocycles. The van der Waals surface area contributed by atoms with Crippen LogP contribution >= 0.6 is 0 Å². The Bertz CT molecular complexity index is 243. The molecule has 2 aliphatic rings. The van der Waals surface area contributed by atoms with Crippen molar-refractivity contribution in [1.82, 2.24) is 0 Å². The molecule has 0 heterocycles. The van der Waals surface area contributed by atoms with Crippen LogP contribution in [0, 0.1) is 0 Å². The van der Waals surface area contributed by atoms with E-state index in [9.17, 15) is 0 Å². The Hall–Kier alpha value is -0.980. The van der Waals surface area contributed by atoms with Gasteiger partial charge >= 0.3 is 0 Å². The van der Waals surface area contributed by atoms with E-state index in [1.54, 1.807) is 0 Å². The highest BCUT2D eigenvalue weighted by Crippen LogP contribution is 2.34. The smallest absolute Gasteiger partial charge is 0.120 e. The van der Waals surface area contributed by atoms with Gasteiger partial charge in [0, 0.05) is 0 Å². The largest absolute Gasteiger partial charge is 0.494 e. The van der Waals surface area contributed by atoms with Gasteiger partial charge in [0.2, 0.25) is 0 Å². The molecule has 0 amide bonds. The lowest BCUT2D eigenvalue weighted by atomic mass is 9.95. The zero-order valence-electron chi connectivity index (χ0n) is 6.05. The molecule has 0 saturated heterocycles. The molecule has 1 heteroatoms. The van der Waals surface area contributed by atoms with E-state index in [0.29, 0.717) is 0 Å². The molecule has 0 spiro atoms. The van der Waals surface area contributed by atoms with E-state index in [1.807, 2.05) is 6.92 Å². The van der Waals surface area contributed by atoms with Gasteiger partial charge in [-0.05, 0) is 36.6 Å². The van der Waals surface area contributed by atoms with E-state index < -0.39 is 0 Å². The highest BCUT2D eigenvalue weighted by Gasteiger charge is 2.17. The summed E-state index contributed by atoms with van der Waals surface area (Å²) in [6, 6.07) is 0. The lowest BCUT2D eigenvalue weighted by Gasteiger charge is -2.09. The summed E-state index contributed by atoms with van der Waals surface area (Å²) in [5.74, 6) is 1.03.